The monoisotopic (exact) mass is 328 g/mol. The summed E-state index contributed by atoms with van der Waals surface area (Å²) in [5.41, 5.74) is 2.82. The van der Waals surface area contributed by atoms with Gasteiger partial charge in [-0.05, 0) is 23.8 Å². The third-order valence-corrected chi connectivity index (χ3v) is 5.02. The molecule has 0 aromatic heterocycles. The highest BCUT2D eigenvalue weighted by Gasteiger charge is 2.39. The van der Waals surface area contributed by atoms with E-state index < -0.39 is 12.1 Å². The summed E-state index contributed by atoms with van der Waals surface area (Å²) in [4.78, 5) is 39.8. The molecule has 1 atom stereocenters. The van der Waals surface area contributed by atoms with E-state index in [2.05, 4.69) is 21.6 Å². The molecule has 24 heavy (non-hydrogen) atoms. The summed E-state index contributed by atoms with van der Waals surface area (Å²) in [6, 6.07) is 4.99. The molecule has 2 saturated heterocycles. The number of rotatable bonds is 2. The zero-order valence-corrected chi connectivity index (χ0v) is 13.4. The first-order chi connectivity index (χ1) is 11.6. The van der Waals surface area contributed by atoms with Crippen molar-refractivity contribution in [2.75, 3.05) is 37.6 Å². The smallest absolute Gasteiger partial charge is 0.324 e. The highest BCUT2D eigenvalue weighted by molar-refractivity contribution is 6.07. The van der Waals surface area contributed by atoms with Crippen LogP contribution in [0.15, 0.2) is 18.2 Å². The number of urea groups is 1. The lowest BCUT2D eigenvalue weighted by molar-refractivity contribution is -0.121. The van der Waals surface area contributed by atoms with Crippen LogP contribution in [0.5, 0.6) is 0 Å². The van der Waals surface area contributed by atoms with Gasteiger partial charge in [0, 0.05) is 56.8 Å². The second-order valence-corrected chi connectivity index (χ2v) is 6.46. The number of piperazine rings is 1. The van der Waals surface area contributed by atoms with Crippen LogP contribution in [0, 0.1) is 0 Å². The molecule has 0 spiro atoms. The molecular weight excluding hydrogens is 308 g/mol. The van der Waals surface area contributed by atoms with Gasteiger partial charge in [0.2, 0.25) is 5.91 Å². The molecule has 7 heteroatoms. The second kappa shape index (κ2) is 5.90. The van der Waals surface area contributed by atoms with Gasteiger partial charge in [0.15, 0.2) is 5.78 Å². The van der Waals surface area contributed by atoms with Crippen molar-refractivity contribution in [3.63, 3.8) is 0 Å². The van der Waals surface area contributed by atoms with E-state index >= 15 is 0 Å². The summed E-state index contributed by atoms with van der Waals surface area (Å²) < 4.78 is 0. The lowest BCUT2D eigenvalue weighted by atomic mass is 10.1. The number of benzene rings is 1. The molecule has 3 aliphatic rings. The van der Waals surface area contributed by atoms with E-state index in [0.717, 1.165) is 37.4 Å². The van der Waals surface area contributed by atoms with E-state index in [1.807, 2.05) is 12.1 Å². The molecule has 0 radical (unpaired) electrons. The molecule has 1 aromatic carbocycles. The summed E-state index contributed by atoms with van der Waals surface area (Å²) >= 11 is 0. The van der Waals surface area contributed by atoms with Gasteiger partial charge < -0.3 is 15.1 Å². The third-order valence-electron chi connectivity index (χ3n) is 5.02. The van der Waals surface area contributed by atoms with Crippen LogP contribution in [-0.2, 0) is 11.2 Å². The fourth-order valence-corrected chi connectivity index (χ4v) is 3.72. The number of hydrogen-bond donors (Lipinski definition) is 2. The predicted octanol–water partition coefficient (Wildman–Crippen LogP) is 0.146. The van der Waals surface area contributed by atoms with Gasteiger partial charge in [0.1, 0.15) is 6.04 Å². The Morgan fingerprint density at radius 3 is 2.58 bits per heavy atom. The largest absolute Gasteiger partial charge is 0.369 e. The minimum atomic E-state index is -0.494. The minimum absolute atomic E-state index is 0.0265. The van der Waals surface area contributed by atoms with E-state index in [-0.39, 0.29) is 18.1 Å². The van der Waals surface area contributed by atoms with Crippen LogP contribution >= 0.6 is 0 Å². The van der Waals surface area contributed by atoms with Gasteiger partial charge in [0.05, 0.1) is 0 Å². The van der Waals surface area contributed by atoms with Crippen LogP contribution < -0.4 is 15.5 Å². The van der Waals surface area contributed by atoms with E-state index in [1.165, 1.54) is 4.90 Å². The molecule has 1 aromatic rings. The number of Topliss-reactive ketones (excluding diaryl/α,β-unsaturated/α-hetero) is 1. The second-order valence-electron chi connectivity index (χ2n) is 6.46. The number of imide groups is 1. The zero-order valence-electron chi connectivity index (χ0n) is 13.4. The van der Waals surface area contributed by atoms with Crippen LogP contribution in [-0.4, -0.2) is 61.4 Å². The van der Waals surface area contributed by atoms with Crippen LogP contribution in [0.4, 0.5) is 10.5 Å². The Kier molecular flexibility index (Phi) is 3.72. The first kappa shape index (κ1) is 15.1. The Balaban J connectivity index is 1.55. The fourth-order valence-electron chi connectivity index (χ4n) is 3.72. The van der Waals surface area contributed by atoms with Crippen molar-refractivity contribution >= 4 is 23.4 Å². The summed E-state index contributed by atoms with van der Waals surface area (Å²) in [5, 5.41) is 5.63. The Bertz CT molecular complexity index is 712. The molecule has 3 amide bonds. The summed E-state index contributed by atoms with van der Waals surface area (Å²) in [7, 11) is 0. The molecule has 1 unspecified atom stereocenters. The van der Waals surface area contributed by atoms with Crippen LogP contribution in [0.3, 0.4) is 0 Å². The number of carbonyl (C=O) groups is 3. The molecule has 2 N–H and O–H groups in total. The topological polar surface area (TPSA) is 81.8 Å². The molecule has 0 saturated carbocycles. The number of amides is 3. The zero-order chi connectivity index (χ0) is 16.7. The molecule has 0 bridgehead atoms. The van der Waals surface area contributed by atoms with Crippen molar-refractivity contribution < 1.29 is 14.4 Å². The third kappa shape index (κ3) is 2.54. The maximum absolute atomic E-state index is 12.7. The SMILES string of the molecule is O=C1CCN(C2Cc3cc(N4CCNCC4)ccc3C2=O)C(=O)N1. The van der Waals surface area contributed by atoms with Gasteiger partial charge in [-0.2, -0.15) is 0 Å². The number of nitrogens with one attached hydrogen (secondary N) is 2. The van der Waals surface area contributed by atoms with Gasteiger partial charge in [-0.1, -0.05) is 0 Å². The average molecular weight is 328 g/mol. The van der Waals surface area contributed by atoms with Crippen LogP contribution in [0.1, 0.15) is 22.3 Å². The quantitative estimate of drug-likeness (QED) is 0.807. The van der Waals surface area contributed by atoms with Crippen molar-refractivity contribution in [2.24, 2.45) is 0 Å². The highest BCUT2D eigenvalue weighted by atomic mass is 16.2. The lowest BCUT2D eigenvalue weighted by Gasteiger charge is -2.30. The summed E-state index contributed by atoms with van der Waals surface area (Å²) in [6.07, 6.45) is 0.771. The van der Waals surface area contributed by atoms with E-state index in [9.17, 15) is 14.4 Å². The summed E-state index contributed by atoms with van der Waals surface area (Å²) in [5.74, 6) is -0.304. The van der Waals surface area contributed by atoms with Crippen LogP contribution in [0.2, 0.25) is 0 Å². The molecular formula is C17H20N4O3. The van der Waals surface area contributed by atoms with Crippen molar-refractivity contribution in [3.05, 3.63) is 29.3 Å². The Morgan fingerprint density at radius 1 is 1.04 bits per heavy atom. The lowest BCUT2D eigenvalue weighted by Crippen LogP contribution is -2.55. The van der Waals surface area contributed by atoms with Gasteiger partial charge in [-0.25, -0.2) is 4.79 Å². The van der Waals surface area contributed by atoms with E-state index in [0.29, 0.717) is 18.5 Å². The molecule has 4 rings (SSSR count). The fraction of sp³-hybridized carbons (Fsp3) is 0.471. The standard InChI is InChI=1S/C17H20N4O3/c22-15-3-6-21(17(24)19-15)14-10-11-9-12(1-2-13(11)16(14)23)20-7-4-18-5-8-20/h1-2,9,14,18H,3-8,10H2,(H,19,22,24). The number of nitrogens with zero attached hydrogens (tertiary/aromatic N) is 2. The van der Waals surface area contributed by atoms with Gasteiger partial charge >= 0.3 is 6.03 Å². The number of ketones is 1. The van der Waals surface area contributed by atoms with E-state index in [1.54, 1.807) is 0 Å². The number of carbonyl (C=O) groups excluding carboxylic acids is 3. The average Bonchev–Trinajstić information content (AvgIpc) is 2.92. The Hall–Kier alpha value is -2.41. The number of anilines is 1. The Labute approximate surface area is 140 Å². The highest BCUT2D eigenvalue weighted by Crippen LogP contribution is 2.30. The molecule has 7 nitrogen and oxygen atoms in total. The van der Waals surface area contributed by atoms with Gasteiger partial charge in [-0.3, -0.25) is 14.9 Å². The predicted molar refractivity (Wildman–Crippen MR) is 88.2 cm³/mol. The number of fused-ring (bicyclic) bond motifs is 1. The van der Waals surface area contributed by atoms with Crippen molar-refractivity contribution in [1.82, 2.24) is 15.5 Å². The number of hydrogen-bond acceptors (Lipinski definition) is 5. The van der Waals surface area contributed by atoms with Crippen LogP contribution in [0.25, 0.3) is 0 Å². The summed E-state index contributed by atoms with van der Waals surface area (Å²) in [6.45, 7) is 4.13. The Morgan fingerprint density at radius 2 is 1.83 bits per heavy atom. The van der Waals surface area contributed by atoms with Crippen molar-refractivity contribution in [2.45, 2.75) is 18.9 Å². The molecule has 2 fully saturated rings. The van der Waals surface area contributed by atoms with Gasteiger partial charge in [-0.15, -0.1) is 0 Å². The first-order valence-electron chi connectivity index (χ1n) is 8.37. The molecule has 2 heterocycles. The maximum atomic E-state index is 12.7. The molecule has 2 aliphatic heterocycles. The minimum Gasteiger partial charge on any atom is -0.369 e. The first-order valence-corrected chi connectivity index (χ1v) is 8.37. The van der Waals surface area contributed by atoms with Gasteiger partial charge in [0.25, 0.3) is 0 Å². The van der Waals surface area contributed by atoms with E-state index in [4.69, 9.17) is 0 Å². The van der Waals surface area contributed by atoms with Crippen molar-refractivity contribution in [3.8, 4) is 0 Å². The maximum Gasteiger partial charge on any atom is 0.324 e. The normalized spacial score (nSPS) is 24.2. The molecule has 126 valence electrons. The molecule has 1 aliphatic carbocycles. The van der Waals surface area contributed by atoms with Crippen molar-refractivity contribution in [1.29, 1.82) is 0 Å².